The van der Waals surface area contributed by atoms with E-state index >= 15 is 0 Å². The summed E-state index contributed by atoms with van der Waals surface area (Å²) in [6, 6.07) is 13.2. The Morgan fingerprint density at radius 3 is 2.73 bits per heavy atom. The third-order valence-electron chi connectivity index (χ3n) is 5.40. The Bertz CT molecular complexity index is 1350. The zero-order valence-electron chi connectivity index (χ0n) is 20.9. The van der Waals surface area contributed by atoms with E-state index in [2.05, 4.69) is 37.6 Å². The summed E-state index contributed by atoms with van der Waals surface area (Å²) in [6.07, 6.45) is 4.59. The standard InChI is InChI=1S/C27H28BrN5O4/c1-4-33(17-26(35)37-5-2)11-7-10-25(34)32-23-13-21-22(14-24(23)36-3)30-16-18(15-29)27(21)31-20-9-6-8-19(28)12-20/h6-10,12-14,16H,4-5,11,17H2,1-3H3,(H,30,31)(H,32,34). The number of pyridine rings is 1. The number of hydrogen-bond acceptors (Lipinski definition) is 8. The lowest BCUT2D eigenvalue weighted by molar-refractivity contribution is -0.144. The summed E-state index contributed by atoms with van der Waals surface area (Å²) in [6.45, 7) is 5.20. The molecular formula is C27H28BrN5O4. The highest BCUT2D eigenvalue weighted by Crippen LogP contribution is 2.36. The number of ether oxygens (including phenoxy) is 2. The van der Waals surface area contributed by atoms with E-state index in [4.69, 9.17) is 9.47 Å². The Morgan fingerprint density at radius 1 is 1.24 bits per heavy atom. The average Bonchev–Trinajstić information content (AvgIpc) is 2.88. The van der Waals surface area contributed by atoms with Crippen LogP contribution >= 0.6 is 15.9 Å². The summed E-state index contributed by atoms with van der Waals surface area (Å²) >= 11 is 3.46. The first kappa shape index (κ1) is 27.6. The number of anilines is 3. The minimum atomic E-state index is -0.365. The molecule has 0 atom stereocenters. The molecule has 1 aromatic heterocycles. The molecule has 0 aliphatic rings. The third kappa shape index (κ3) is 7.52. The number of nitrogens with zero attached hydrogens (tertiary/aromatic N) is 3. The molecule has 0 saturated carbocycles. The number of nitrogens with one attached hydrogen (secondary N) is 2. The summed E-state index contributed by atoms with van der Waals surface area (Å²) < 4.78 is 11.4. The number of likely N-dealkylation sites (N-methyl/N-ethyl adjacent to an activating group) is 1. The van der Waals surface area contributed by atoms with Gasteiger partial charge in [-0.25, -0.2) is 0 Å². The van der Waals surface area contributed by atoms with Crippen LogP contribution in [-0.2, 0) is 14.3 Å². The van der Waals surface area contributed by atoms with Gasteiger partial charge >= 0.3 is 5.97 Å². The van der Waals surface area contributed by atoms with Gasteiger partial charge < -0.3 is 20.1 Å². The van der Waals surface area contributed by atoms with Crippen LogP contribution in [0.25, 0.3) is 10.9 Å². The molecule has 2 aromatic carbocycles. The Kier molecular flexibility index (Phi) is 10.0. The quantitative estimate of drug-likeness (QED) is 0.246. The Balaban J connectivity index is 1.86. The topological polar surface area (TPSA) is 117 Å². The zero-order chi connectivity index (χ0) is 26.8. The first-order valence-electron chi connectivity index (χ1n) is 11.7. The molecule has 37 heavy (non-hydrogen) atoms. The number of carbonyl (C=O) groups excluding carboxylic acids is 2. The number of aromatic nitrogens is 1. The molecule has 0 bridgehead atoms. The first-order chi connectivity index (χ1) is 17.9. The Hall–Kier alpha value is -3.94. The molecule has 1 heterocycles. The summed E-state index contributed by atoms with van der Waals surface area (Å²) in [5, 5.41) is 16.5. The minimum absolute atomic E-state index is 0.150. The predicted molar refractivity (Wildman–Crippen MR) is 147 cm³/mol. The smallest absolute Gasteiger partial charge is 0.320 e. The highest BCUT2D eigenvalue weighted by atomic mass is 79.9. The van der Waals surface area contributed by atoms with Gasteiger partial charge in [-0.3, -0.25) is 19.5 Å². The SMILES string of the molecule is CCOC(=O)CN(CC)CC=CC(=O)Nc1cc2c(Nc3cccc(Br)c3)c(C#N)cnc2cc1OC. The molecule has 2 N–H and O–H groups in total. The van der Waals surface area contributed by atoms with Crippen LogP contribution in [0.4, 0.5) is 17.1 Å². The van der Waals surface area contributed by atoms with Gasteiger partial charge in [0.2, 0.25) is 5.91 Å². The Labute approximate surface area is 224 Å². The van der Waals surface area contributed by atoms with Crippen molar-refractivity contribution in [2.24, 2.45) is 0 Å². The van der Waals surface area contributed by atoms with Crippen molar-refractivity contribution in [3.8, 4) is 11.8 Å². The van der Waals surface area contributed by atoms with Crippen molar-refractivity contribution in [2.45, 2.75) is 13.8 Å². The van der Waals surface area contributed by atoms with Crippen LogP contribution in [0.5, 0.6) is 5.75 Å². The van der Waals surface area contributed by atoms with E-state index in [1.165, 1.54) is 19.4 Å². The van der Waals surface area contributed by atoms with Gasteiger partial charge in [-0.2, -0.15) is 5.26 Å². The highest BCUT2D eigenvalue weighted by Gasteiger charge is 2.15. The minimum Gasteiger partial charge on any atom is -0.494 e. The number of methoxy groups -OCH3 is 1. The highest BCUT2D eigenvalue weighted by molar-refractivity contribution is 9.10. The van der Waals surface area contributed by atoms with E-state index in [1.54, 1.807) is 25.1 Å². The van der Waals surface area contributed by atoms with E-state index in [-0.39, 0.29) is 18.4 Å². The Morgan fingerprint density at radius 2 is 2.05 bits per heavy atom. The molecule has 0 fully saturated rings. The second-order valence-corrected chi connectivity index (χ2v) is 8.80. The lowest BCUT2D eigenvalue weighted by atomic mass is 10.1. The van der Waals surface area contributed by atoms with E-state index in [9.17, 15) is 14.9 Å². The van der Waals surface area contributed by atoms with Crippen molar-refractivity contribution in [1.82, 2.24) is 9.88 Å². The lowest BCUT2D eigenvalue weighted by Crippen LogP contribution is -2.31. The number of fused-ring (bicyclic) bond motifs is 1. The van der Waals surface area contributed by atoms with Crippen LogP contribution in [-0.4, -0.2) is 55.1 Å². The maximum atomic E-state index is 12.7. The van der Waals surface area contributed by atoms with Gasteiger partial charge in [0, 0.05) is 40.4 Å². The van der Waals surface area contributed by atoms with Gasteiger partial charge in [0.05, 0.1) is 42.7 Å². The van der Waals surface area contributed by atoms with Crippen molar-refractivity contribution in [1.29, 1.82) is 5.26 Å². The lowest BCUT2D eigenvalue weighted by Gasteiger charge is -2.17. The maximum absolute atomic E-state index is 12.7. The van der Waals surface area contributed by atoms with Gasteiger partial charge in [0.1, 0.15) is 11.8 Å². The first-order valence-corrected chi connectivity index (χ1v) is 12.5. The molecule has 0 spiro atoms. The number of rotatable bonds is 11. The van der Waals surface area contributed by atoms with Gasteiger partial charge in [-0.1, -0.05) is 35.0 Å². The van der Waals surface area contributed by atoms with Crippen molar-refractivity contribution >= 4 is 55.8 Å². The molecule has 9 nitrogen and oxygen atoms in total. The number of benzene rings is 2. The fourth-order valence-corrected chi connectivity index (χ4v) is 3.99. The van der Waals surface area contributed by atoms with Gasteiger partial charge in [0.15, 0.2) is 0 Å². The summed E-state index contributed by atoms with van der Waals surface area (Å²) in [7, 11) is 1.51. The maximum Gasteiger partial charge on any atom is 0.320 e. The largest absolute Gasteiger partial charge is 0.494 e. The van der Waals surface area contributed by atoms with Crippen LogP contribution in [0.1, 0.15) is 19.4 Å². The molecule has 3 aromatic rings. The number of amides is 1. The molecule has 10 heteroatoms. The van der Waals surface area contributed by atoms with Crippen molar-refractivity contribution in [3.05, 3.63) is 64.8 Å². The van der Waals surface area contributed by atoms with E-state index in [1.807, 2.05) is 36.1 Å². The number of carbonyl (C=O) groups is 2. The van der Waals surface area contributed by atoms with Gasteiger partial charge in [-0.05, 0) is 37.7 Å². The molecule has 0 saturated heterocycles. The summed E-state index contributed by atoms with van der Waals surface area (Å²) in [5.41, 5.74) is 2.73. The van der Waals surface area contributed by atoms with E-state index in [0.717, 1.165) is 10.2 Å². The number of hydrogen-bond donors (Lipinski definition) is 2. The fourth-order valence-electron chi connectivity index (χ4n) is 3.59. The molecule has 3 rings (SSSR count). The van der Waals surface area contributed by atoms with Crippen molar-refractivity contribution in [2.75, 3.05) is 44.0 Å². The van der Waals surface area contributed by atoms with Crippen LogP contribution in [0.15, 0.2) is 59.2 Å². The van der Waals surface area contributed by atoms with E-state index < -0.39 is 0 Å². The van der Waals surface area contributed by atoms with Crippen LogP contribution in [0.3, 0.4) is 0 Å². The molecule has 1 amide bonds. The van der Waals surface area contributed by atoms with Gasteiger partial charge in [0.25, 0.3) is 0 Å². The van der Waals surface area contributed by atoms with Crippen molar-refractivity contribution < 1.29 is 19.1 Å². The fraction of sp³-hybridized carbons (Fsp3) is 0.259. The second kappa shape index (κ2) is 13.4. The molecule has 0 unspecified atom stereocenters. The molecule has 0 aliphatic heterocycles. The van der Waals surface area contributed by atoms with Crippen LogP contribution < -0.4 is 15.4 Å². The predicted octanol–water partition coefficient (Wildman–Crippen LogP) is 5.00. The monoisotopic (exact) mass is 565 g/mol. The average molecular weight is 566 g/mol. The van der Waals surface area contributed by atoms with Crippen molar-refractivity contribution in [3.63, 3.8) is 0 Å². The van der Waals surface area contributed by atoms with Gasteiger partial charge in [-0.15, -0.1) is 0 Å². The van der Waals surface area contributed by atoms with E-state index in [0.29, 0.717) is 53.3 Å². The number of halogens is 1. The van der Waals surface area contributed by atoms with Crippen LogP contribution in [0.2, 0.25) is 0 Å². The third-order valence-corrected chi connectivity index (χ3v) is 5.89. The number of nitriles is 1. The van der Waals surface area contributed by atoms with Crippen LogP contribution in [0, 0.1) is 11.3 Å². The zero-order valence-corrected chi connectivity index (χ0v) is 22.5. The number of esters is 1. The molecule has 0 radical (unpaired) electrons. The molecule has 0 aliphatic carbocycles. The summed E-state index contributed by atoms with van der Waals surface area (Å²) in [4.78, 5) is 30.7. The molecular weight excluding hydrogens is 538 g/mol. The normalized spacial score (nSPS) is 10.9. The molecule has 192 valence electrons. The summed E-state index contributed by atoms with van der Waals surface area (Å²) in [5.74, 6) is -0.242. The second-order valence-electron chi connectivity index (χ2n) is 7.89.